The molecule has 1 saturated heterocycles. The Labute approximate surface area is 226 Å². The first-order chi connectivity index (χ1) is 18.7. The lowest BCUT2D eigenvalue weighted by atomic mass is 9.97. The van der Waals surface area contributed by atoms with Gasteiger partial charge < -0.3 is 20.3 Å². The highest BCUT2D eigenvalue weighted by Gasteiger charge is 2.34. The molecular weight excluding hydrogens is 551 g/mol. The van der Waals surface area contributed by atoms with E-state index in [1.807, 2.05) is 13.8 Å². The number of nitrogens with zero attached hydrogens (tertiary/aromatic N) is 2. The second-order valence-electron chi connectivity index (χ2n) is 9.31. The van der Waals surface area contributed by atoms with Crippen LogP contribution in [0.15, 0.2) is 70.5 Å². The van der Waals surface area contributed by atoms with Crippen LogP contribution >= 0.6 is 0 Å². The molecule has 3 aromatic carbocycles. The van der Waals surface area contributed by atoms with Crippen molar-refractivity contribution in [3.63, 3.8) is 0 Å². The molecule has 0 aliphatic carbocycles. The van der Waals surface area contributed by atoms with Crippen LogP contribution in [0.5, 0.6) is 0 Å². The first-order valence-electron chi connectivity index (χ1n) is 11.8. The molecule has 4 N–H and O–H groups in total. The molecule has 210 valence electrons. The quantitative estimate of drug-likeness (QED) is 0.311. The van der Waals surface area contributed by atoms with Crippen LogP contribution < -0.4 is 16.1 Å². The summed E-state index contributed by atoms with van der Waals surface area (Å²) < 4.78 is 73.2. The lowest BCUT2D eigenvalue weighted by molar-refractivity contribution is 0.0695. The number of benzene rings is 3. The molecule has 0 bridgehead atoms. The van der Waals surface area contributed by atoms with Crippen molar-refractivity contribution in [2.75, 3.05) is 11.4 Å². The molecule has 1 fully saturated rings. The summed E-state index contributed by atoms with van der Waals surface area (Å²) in [6, 6.07) is 10.7. The number of hydrogen-bond donors (Lipinski definition) is 3. The number of carboxylic acid groups (broad SMARTS) is 1. The lowest BCUT2D eigenvalue weighted by Gasteiger charge is -2.46. The zero-order valence-electron chi connectivity index (χ0n) is 21.2. The van der Waals surface area contributed by atoms with E-state index in [0.29, 0.717) is 12.6 Å². The summed E-state index contributed by atoms with van der Waals surface area (Å²) in [7, 11) is -4.02. The summed E-state index contributed by atoms with van der Waals surface area (Å²) in [5, 5.41) is 9.12. The van der Waals surface area contributed by atoms with Gasteiger partial charge in [-0.25, -0.2) is 18.0 Å². The number of aryl methyl sites for hydroxylation is 1. The molecule has 1 aliphatic heterocycles. The summed E-state index contributed by atoms with van der Waals surface area (Å²) >= 11 is 0. The zero-order chi connectivity index (χ0) is 29.5. The number of fused-ring (bicyclic) bond motifs is 1. The van der Waals surface area contributed by atoms with Crippen molar-refractivity contribution < 1.29 is 36.0 Å². The molecule has 0 spiro atoms. The van der Waals surface area contributed by atoms with Crippen LogP contribution in [0, 0.1) is 24.4 Å². The van der Waals surface area contributed by atoms with E-state index in [-0.39, 0.29) is 39.3 Å². The number of halogens is 3. The van der Waals surface area contributed by atoms with E-state index < -0.39 is 44.5 Å². The van der Waals surface area contributed by atoms with Crippen LogP contribution in [0.25, 0.3) is 16.6 Å². The van der Waals surface area contributed by atoms with Gasteiger partial charge in [-0.15, -0.1) is 0 Å². The minimum atomic E-state index is -4.02. The van der Waals surface area contributed by atoms with Gasteiger partial charge in [-0.2, -0.15) is 8.42 Å². The molecule has 0 radical (unpaired) electrons. The molecule has 5 rings (SSSR count). The van der Waals surface area contributed by atoms with Gasteiger partial charge in [0, 0.05) is 36.3 Å². The van der Waals surface area contributed by atoms with Crippen molar-refractivity contribution >= 4 is 32.7 Å². The fourth-order valence-corrected chi connectivity index (χ4v) is 4.73. The first kappa shape index (κ1) is 28.8. The number of rotatable bonds is 4. The SMILES string of the molecule is C[C@H]1[C@H](N)CN1c1cc2c(cc1F)c(=O)c(C(=O)O)cn2-c1ccc(F)cc1F.Cc1ccc(S(=O)(=O)O)cc1. The molecule has 2 heterocycles. The van der Waals surface area contributed by atoms with Crippen molar-refractivity contribution in [2.24, 2.45) is 5.73 Å². The van der Waals surface area contributed by atoms with Crippen molar-refractivity contribution in [1.29, 1.82) is 0 Å². The van der Waals surface area contributed by atoms with Gasteiger partial charge in [0.15, 0.2) is 0 Å². The zero-order valence-corrected chi connectivity index (χ0v) is 22.0. The Hall–Kier alpha value is -4.20. The molecule has 0 saturated carbocycles. The van der Waals surface area contributed by atoms with Crippen molar-refractivity contribution in [3.05, 3.63) is 99.6 Å². The smallest absolute Gasteiger partial charge is 0.341 e. The van der Waals surface area contributed by atoms with Gasteiger partial charge in [0.1, 0.15) is 23.0 Å². The maximum Gasteiger partial charge on any atom is 0.341 e. The molecule has 40 heavy (non-hydrogen) atoms. The van der Waals surface area contributed by atoms with Gasteiger partial charge in [0.25, 0.3) is 10.1 Å². The third kappa shape index (κ3) is 5.57. The molecule has 1 aliphatic rings. The van der Waals surface area contributed by atoms with Gasteiger partial charge >= 0.3 is 5.97 Å². The highest BCUT2D eigenvalue weighted by Crippen LogP contribution is 2.32. The molecule has 0 amide bonds. The molecule has 9 nitrogen and oxygen atoms in total. The second kappa shape index (κ2) is 10.8. The average molecular weight is 576 g/mol. The monoisotopic (exact) mass is 575 g/mol. The van der Waals surface area contributed by atoms with Gasteiger partial charge in [0.05, 0.1) is 21.8 Å². The van der Waals surface area contributed by atoms with Crippen LogP contribution in [-0.4, -0.2) is 47.2 Å². The predicted octanol–water partition coefficient (Wildman–Crippen LogP) is 3.88. The Morgan fingerprint density at radius 3 is 2.15 bits per heavy atom. The maximum absolute atomic E-state index is 14.8. The summed E-state index contributed by atoms with van der Waals surface area (Å²) in [5.74, 6) is -4.04. The van der Waals surface area contributed by atoms with E-state index in [2.05, 4.69) is 0 Å². The minimum Gasteiger partial charge on any atom is -0.477 e. The van der Waals surface area contributed by atoms with Crippen LogP contribution in [0.4, 0.5) is 18.9 Å². The fraction of sp³-hybridized carbons (Fsp3) is 0.185. The van der Waals surface area contributed by atoms with Crippen LogP contribution in [0.1, 0.15) is 22.8 Å². The third-order valence-electron chi connectivity index (χ3n) is 6.62. The van der Waals surface area contributed by atoms with E-state index >= 15 is 0 Å². The predicted molar refractivity (Wildman–Crippen MR) is 142 cm³/mol. The standard InChI is InChI=1S/C20H16F3N3O3.C7H8O3S/c1-9-15(24)8-25(9)18-6-17-11(5-14(18)23)19(27)12(20(28)29)7-26(17)16-3-2-10(21)4-13(16)22;1-6-2-4-7(5-3-6)11(8,9)10/h2-7,9,15H,8,24H2,1H3,(H,28,29);2-5H,1H3,(H,8,9,10)/t9-,15+;/m0./s1. The number of aromatic carboxylic acids is 1. The van der Waals surface area contributed by atoms with Gasteiger partial charge in [-0.3, -0.25) is 9.35 Å². The average Bonchev–Trinajstić information content (AvgIpc) is 2.88. The normalized spacial score (nSPS) is 16.7. The number of pyridine rings is 1. The molecule has 0 unspecified atom stereocenters. The number of nitrogens with two attached hydrogens (primary N) is 1. The summed E-state index contributed by atoms with van der Waals surface area (Å²) in [4.78, 5) is 25.7. The molecule has 1 aromatic heterocycles. The van der Waals surface area contributed by atoms with E-state index in [1.54, 1.807) is 17.0 Å². The minimum absolute atomic E-state index is 0.0666. The molecule has 4 aromatic rings. The highest BCUT2D eigenvalue weighted by molar-refractivity contribution is 7.85. The lowest BCUT2D eigenvalue weighted by Crippen LogP contribution is -2.63. The van der Waals surface area contributed by atoms with Crippen molar-refractivity contribution in [1.82, 2.24) is 4.57 Å². The second-order valence-corrected chi connectivity index (χ2v) is 10.7. The maximum atomic E-state index is 14.8. The van der Waals surface area contributed by atoms with E-state index in [9.17, 15) is 36.3 Å². The molecular formula is C27H24F3N3O6S. The van der Waals surface area contributed by atoms with E-state index in [4.69, 9.17) is 10.3 Å². The summed E-state index contributed by atoms with van der Waals surface area (Å²) in [6.45, 7) is 4.05. The fourth-order valence-electron chi connectivity index (χ4n) is 4.25. The number of anilines is 1. The molecule has 2 atom stereocenters. The van der Waals surface area contributed by atoms with Crippen molar-refractivity contribution in [3.8, 4) is 5.69 Å². The third-order valence-corrected chi connectivity index (χ3v) is 7.49. The highest BCUT2D eigenvalue weighted by atomic mass is 32.2. The van der Waals surface area contributed by atoms with Crippen LogP contribution in [0.2, 0.25) is 0 Å². The van der Waals surface area contributed by atoms with Crippen LogP contribution in [0.3, 0.4) is 0 Å². The summed E-state index contributed by atoms with van der Waals surface area (Å²) in [5.41, 5.74) is 5.35. The number of hydrogen-bond acceptors (Lipinski definition) is 6. The number of aromatic nitrogens is 1. The van der Waals surface area contributed by atoms with Gasteiger partial charge in [0.2, 0.25) is 5.43 Å². The first-order valence-corrected chi connectivity index (χ1v) is 13.3. The summed E-state index contributed by atoms with van der Waals surface area (Å²) in [6.07, 6.45) is 0.955. The van der Waals surface area contributed by atoms with Crippen molar-refractivity contribution in [2.45, 2.75) is 30.8 Å². The Balaban J connectivity index is 0.000000283. The largest absolute Gasteiger partial charge is 0.477 e. The Morgan fingerprint density at radius 1 is 1.00 bits per heavy atom. The topological polar surface area (TPSA) is 143 Å². The van der Waals surface area contributed by atoms with Gasteiger partial charge in [-0.05, 0) is 50.2 Å². The Kier molecular flexibility index (Phi) is 7.74. The number of carbonyl (C=O) groups is 1. The van der Waals surface area contributed by atoms with Crippen LogP contribution in [-0.2, 0) is 10.1 Å². The van der Waals surface area contributed by atoms with Gasteiger partial charge in [-0.1, -0.05) is 17.7 Å². The Morgan fingerprint density at radius 2 is 1.62 bits per heavy atom. The molecule has 13 heteroatoms. The van der Waals surface area contributed by atoms with E-state index in [0.717, 1.165) is 34.5 Å². The van der Waals surface area contributed by atoms with E-state index in [1.165, 1.54) is 18.2 Å². The Bertz CT molecular complexity index is 1790. The number of carboxylic acids is 1.